The van der Waals surface area contributed by atoms with E-state index in [9.17, 15) is 14.0 Å². The molecule has 7 nitrogen and oxygen atoms in total. The molecule has 0 radical (unpaired) electrons. The summed E-state index contributed by atoms with van der Waals surface area (Å²) in [6, 6.07) is 10.6. The summed E-state index contributed by atoms with van der Waals surface area (Å²) in [5.41, 5.74) is 0.356. The van der Waals surface area contributed by atoms with Crippen molar-refractivity contribution >= 4 is 17.6 Å². The van der Waals surface area contributed by atoms with Crippen LogP contribution in [0, 0.1) is 5.82 Å². The van der Waals surface area contributed by atoms with Crippen molar-refractivity contribution in [2.75, 3.05) is 7.11 Å². The van der Waals surface area contributed by atoms with Crippen molar-refractivity contribution in [2.24, 2.45) is 0 Å². The van der Waals surface area contributed by atoms with Crippen molar-refractivity contribution in [1.82, 2.24) is 14.3 Å². The third kappa shape index (κ3) is 4.01. The molecular weight excluding hydrogens is 377 g/mol. The maximum Gasteiger partial charge on any atom is 0.347 e. The van der Waals surface area contributed by atoms with E-state index in [2.05, 4.69) is 5.10 Å². The normalized spacial score (nSPS) is 10.8. The number of aliphatic carboxylic acids is 1. The fraction of sp³-hybridized carbons (Fsp3) is 0.167. The summed E-state index contributed by atoms with van der Waals surface area (Å²) >= 11 is 5.98. The van der Waals surface area contributed by atoms with Gasteiger partial charge in [-0.15, -0.1) is 5.10 Å². The number of hydrogen-bond acceptors (Lipinski definition) is 4. The van der Waals surface area contributed by atoms with Gasteiger partial charge in [-0.1, -0.05) is 23.7 Å². The zero-order valence-electron chi connectivity index (χ0n) is 14.2. The molecule has 9 heteroatoms. The van der Waals surface area contributed by atoms with Crippen LogP contribution in [0.5, 0.6) is 5.75 Å². The van der Waals surface area contributed by atoms with Gasteiger partial charge >= 0.3 is 11.7 Å². The first-order valence-corrected chi connectivity index (χ1v) is 8.24. The van der Waals surface area contributed by atoms with Crippen molar-refractivity contribution < 1.29 is 19.0 Å². The smallest absolute Gasteiger partial charge is 0.347 e. The number of carbonyl (C=O) groups is 1. The Balaban J connectivity index is 2.17. The van der Waals surface area contributed by atoms with E-state index in [0.29, 0.717) is 21.9 Å². The van der Waals surface area contributed by atoms with Crippen molar-refractivity contribution in [3.05, 3.63) is 69.4 Å². The van der Waals surface area contributed by atoms with Crippen LogP contribution in [-0.2, 0) is 17.9 Å². The highest BCUT2D eigenvalue weighted by Gasteiger charge is 2.20. The topological polar surface area (TPSA) is 86.4 Å². The van der Waals surface area contributed by atoms with Crippen LogP contribution in [0.2, 0.25) is 5.02 Å². The van der Waals surface area contributed by atoms with Crippen LogP contribution >= 0.6 is 11.6 Å². The quantitative estimate of drug-likeness (QED) is 0.698. The van der Waals surface area contributed by atoms with Gasteiger partial charge in [-0.05, 0) is 35.9 Å². The number of aromatic nitrogens is 3. The number of carboxylic acids is 1. The number of halogens is 2. The zero-order chi connectivity index (χ0) is 19.6. The van der Waals surface area contributed by atoms with Crippen LogP contribution in [0.15, 0.2) is 47.3 Å². The molecule has 140 valence electrons. The lowest BCUT2D eigenvalue weighted by Crippen LogP contribution is -2.28. The summed E-state index contributed by atoms with van der Waals surface area (Å²) < 4.78 is 20.9. The van der Waals surface area contributed by atoms with Crippen LogP contribution in [-0.4, -0.2) is 32.5 Å². The highest BCUT2D eigenvalue weighted by Crippen LogP contribution is 2.31. The first kappa shape index (κ1) is 18.7. The fourth-order valence-corrected chi connectivity index (χ4v) is 2.84. The van der Waals surface area contributed by atoms with Crippen molar-refractivity contribution in [1.29, 1.82) is 0 Å². The molecule has 3 rings (SSSR count). The van der Waals surface area contributed by atoms with E-state index in [1.165, 1.54) is 29.9 Å². The first-order valence-electron chi connectivity index (χ1n) is 7.87. The van der Waals surface area contributed by atoms with E-state index in [1.807, 2.05) is 0 Å². The van der Waals surface area contributed by atoms with E-state index in [4.69, 9.17) is 21.4 Å². The monoisotopic (exact) mass is 391 g/mol. The Morgan fingerprint density at radius 2 is 2.07 bits per heavy atom. The average molecular weight is 392 g/mol. The molecule has 2 aromatic carbocycles. The number of nitrogens with zero attached hydrogens (tertiary/aromatic N) is 3. The summed E-state index contributed by atoms with van der Waals surface area (Å²) in [6.07, 6.45) is 0. The molecule has 0 bridgehead atoms. The van der Waals surface area contributed by atoms with Crippen molar-refractivity contribution in [3.8, 4) is 17.1 Å². The van der Waals surface area contributed by atoms with Gasteiger partial charge in [-0.25, -0.2) is 13.9 Å². The lowest BCUT2D eigenvalue weighted by atomic mass is 10.1. The van der Waals surface area contributed by atoms with Crippen LogP contribution in [0.1, 0.15) is 5.56 Å². The molecule has 0 aliphatic rings. The number of ether oxygens (including phenoxy) is 1. The maximum absolute atomic E-state index is 13.5. The molecule has 27 heavy (non-hydrogen) atoms. The summed E-state index contributed by atoms with van der Waals surface area (Å²) in [5, 5.41) is 13.6. The zero-order valence-corrected chi connectivity index (χ0v) is 15.0. The number of methoxy groups -OCH3 is 1. The van der Waals surface area contributed by atoms with E-state index in [0.717, 1.165) is 4.68 Å². The Bertz CT molecular complexity index is 1060. The fourth-order valence-electron chi connectivity index (χ4n) is 2.68. The van der Waals surface area contributed by atoms with Gasteiger partial charge in [0.25, 0.3) is 0 Å². The predicted molar refractivity (Wildman–Crippen MR) is 96.6 cm³/mol. The standard InChI is InChI=1S/C18H15ClFN3O4/c1-27-15-8-12(19)5-6-14(15)17-21-23(10-16(24)25)18(26)22(17)9-11-3-2-4-13(20)7-11/h2-8H,9-10H2,1H3,(H,24,25). The minimum Gasteiger partial charge on any atom is -0.496 e. The molecule has 0 saturated heterocycles. The minimum absolute atomic E-state index is 0.0112. The second-order valence-corrected chi connectivity index (χ2v) is 6.15. The predicted octanol–water partition coefficient (Wildman–Crippen LogP) is 2.65. The van der Waals surface area contributed by atoms with Gasteiger partial charge in [0.05, 0.1) is 19.2 Å². The molecule has 0 spiro atoms. The third-order valence-corrected chi connectivity index (χ3v) is 4.08. The number of hydrogen-bond donors (Lipinski definition) is 1. The lowest BCUT2D eigenvalue weighted by molar-refractivity contribution is -0.137. The van der Waals surface area contributed by atoms with Gasteiger partial charge in [-0.2, -0.15) is 0 Å². The van der Waals surface area contributed by atoms with Gasteiger partial charge in [0.15, 0.2) is 5.82 Å². The largest absolute Gasteiger partial charge is 0.496 e. The van der Waals surface area contributed by atoms with E-state index in [1.54, 1.807) is 24.3 Å². The summed E-state index contributed by atoms with van der Waals surface area (Å²) in [5.74, 6) is -1.08. The number of rotatable bonds is 6. The molecule has 3 aromatic rings. The molecule has 0 atom stereocenters. The SMILES string of the molecule is COc1cc(Cl)ccc1-c1nn(CC(=O)O)c(=O)n1Cc1cccc(F)c1. The average Bonchev–Trinajstić information content (AvgIpc) is 2.90. The van der Waals surface area contributed by atoms with Crippen molar-refractivity contribution in [3.63, 3.8) is 0 Å². The molecule has 0 aliphatic carbocycles. The van der Waals surface area contributed by atoms with Gasteiger partial charge < -0.3 is 9.84 Å². The van der Waals surface area contributed by atoms with E-state index in [-0.39, 0.29) is 12.4 Å². The number of benzene rings is 2. The maximum atomic E-state index is 13.5. The van der Waals surface area contributed by atoms with Crippen LogP contribution < -0.4 is 10.4 Å². The van der Waals surface area contributed by atoms with Gasteiger partial charge in [-0.3, -0.25) is 9.36 Å². The second kappa shape index (κ2) is 7.63. The highest BCUT2D eigenvalue weighted by molar-refractivity contribution is 6.30. The minimum atomic E-state index is -1.21. The van der Waals surface area contributed by atoms with Gasteiger partial charge in [0.2, 0.25) is 0 Å². The second-order valence-electron chi connectivity index (χ2n) is 5.72. The van der Waals surface area contributed by atoms with Gasteiger partial charge in [0, 0.05) is 5.02 Å². The summed E-state index contributed by atoms with van der Waals surface area (Å²) in [7, 11) is 1.44. The molecule has 0 unspecified atom stereocenters. The molecule has 0 aliphatic heterocycles. The van der Waals surface area contributed by atoms with Crippen LogP contribution in [0.4, 0.5) is 4.39 Å². The molecule has 1 N–H and O–H groups in total. The molecular formula is C18H15ClFN3O4. The Labute approximate surface area is 158 Å². The molecule has 1 heterocycles. The molecule has 0 fully saturated rings. The molecule has 0 amide bonds. The Kier molecular flexibility index (Phi) is 5.27. The summed E-state index contributed by atoms with van der Waals surface area (Å²) in [4.78, 5) is 23.7. The van der Waals surface area contributed by atoms with Crippen molar-refractivity contribution in [2.45, 2.75) is 13.1 Å². The highest BCUT2D eigenvalue weighted by atomic mass is 35.5. The van der Waals surface area contributed by atoms with Gasteiger partial charge in [0.1, 0.15) is 18.1 Å². The molecule has 0 saturated carbocycles. The first-order chi connectivity index (χ1) is 12.9. The lowest BCUT2D eigenvalue weighted by Gasteiger charge is -2.10. The molecule has 1 aromatic heterocycles. The third-order valence-electron chi connectivity index (χ3n) is 3.84. The van der Waals surface area contributed by atoms with E-state index >= 15 is 0 Å². The Hall–Kier alpha value is -3.13. The Morgan fingerprint density at radius 3 is 2.74 bits per heavy atom. The van der Waals surface area contributed by atoms with Crippen LogP contribution in [0.3, 0.4) is 0 Å². The Morgan fingerprint density at radius 1 is 1.30 bits per heavy atom. The number of carboxylic acid groups (broad SMARTS) is 1. The van der Waals surface area contributed by atoms with Crippen LogP contribution in [0.25, 0.3) is 11.4 Å². The summed E-state index contributed by atoms with van der Waals surface area (Å²) in [6.45, 7) is -0.588. The van der Waals surface area contributed by atoms with E-state index < -0.39 is 24.0 Å².